The molecule has 0 saturated carbocycles. The largest absolute Gasteiger partial charge is 0.495 e. The molecule has 0 aliphatic carbocycles. The van der Waals surface area contributed by atoms with Crippen LogP contribution in [0.1, 0.15) is 0 Å². The molecule has 2 heterocycles. The highest BCUT2D eigenvalue weighted by Crippen LogP contribution is 2.24. The maximum atomic E-state index is 12.5. The monoisotopic (exact) mass is 423 g/mol. The van der Waals surface area contributed by atoms with Crippen molar-refractivity contribution in [3.05, 3.63) is 75.4 Å². The van der Waals surface area contributed by atoms with E-state index in [-0.39, 0.29) is 11.6 Å². The number of fused-ring (bicyclic) bond motifs is 1. The standard InChI is InChI=1S/C20H17N5O4S/c1-29-15-9-5-4-8-14(15)25-16(10-17(26)24-20(25)28)23-18(27)11-30-19-21-12-6-2-3-7-13(12)22-19/h2-10H,11H2,1H3,(H,21,22)(H,23,27)(H,24,26,28). The molecule has 0 spiro atoms. The molecule has 0 unspecified atom stereocenters. The van der Waals surface area contributed by atoms with Crippen LogP contribution in [0.2, 0.25) is 0 Å². The van der Waals surface area contributed by atoms with Crippen molar-refractivity contribution in [1.82, 2.24) is 19.5 Å². The minimum atomic E-state index is -0.688. The van der Waals surface area contributed by atoms with Crippen LogP contribution < -0.4 is 21.3 Å². The van der Waals surface area contributed by atoms with Gasteiger partial charge in [0.05, 0.1) is 29.6 Å². The second kappa shape index (κ2) is 8.29. The molecule has 30 heavy (non-hydrogen) atoms. The quantitative estimate of drug-likeness (QED) is 0.409. The Bertz CT molecular complexity index is 1310. The molecule has 0 aliphatic rings. The fourth-order valence-corrected chi connectivity index (χ4v) is 3.64. The number of imidazole rings is 1. The zero-order chi connectivity index (χ0) is 21.1. The van der Waals surface area contributed by atoms with E-state index in [0.29, 0.717) is 16.6 Å². The van der Waals surface area contributed by atoms with E-state index >= 15 is 0 Å². The van der Waals surface area contributed by atoms with E-state index in [9.17, 15) is 14.4 Å². The molecule has 0 saturated heterocycles. The Kier molecular flexibility index (Phi) is 5.40. The van der Waals surface area contributed by atoms with Crippen molar-refractivity contribution in [3.63, 3.8) is 0 Å². The molecule has 0 bridgehead atoms. The molecule has 2 aromatic carbocycles. The van der Waals surface area contributed by atoms with Gasteiger partial charge in [-0.2, -0.15) is 0 Å². The average molecular weight is 423 g/mol. The van der Waals surface area contributed by atoms with Crippen molar-refractivity contribution in [3.8, 4) is 11.4 Å². The third-order valence-electron chi connectivity index (χ3n) is 4.24. The van der Waals surface area contributed by atoms with Gasteiger partial charge in [-0.05, 0) is 24.3 Å². The van der Waals surface area contributed by atoms with Crippen molar-refractivity contribution in [1.29, 1.82) is 0 Å². The number of rotatable bonds is 6. The predicted octanol–water partition coefficient (Wildman–Crippen LogP) is 2.14. The van der Waals surface area contributed by atoms with Gasteiger partial charge in [0.1, 0.15) is 11.6 Å². The van der Waals surface area contributed by atoms with Crippen molar-refractivity contribution in [2.24, 2.45) is 0 Å². The minimum Gasteiger partial charge on any atom is -0.495 e. The highest BCUT2D eigenvalue weighted by molar-refractivity contribution is 7.99. The van der Waals surface area contributed by atoms with Crippen LogP contribution in [0, 0.1) is 0 Å². The van der Waals surface area contributed by atoms with Crippen LogP contribution in [0.25, 0.3) is 16.7 Å². The number of H-pyrrole nitrogens is 2. The molecular formula is C20H17N5O4S. The zero-order valence-electron chi connectivity index (χ0n) is 15.8. The topological polar surface area (TPSA) is 122 Å². The number of anilines is 1. The Morgan fingerprint density at radius 1 is 1.13 bits per heavy atom. The molecule has 9 nitrogen and oxygen atoms in total. The van der Waals surface area contributed by atoms with E-state index in [1.807, 2.05) is 24.3 Å². The molecule has 4 aromatic rings. The molecule has 3 N–H and O–H groups in total. The van der Waals surface area contributed by atoms with Gasteiger partial charge < -0.3 is 15.0 Å². The SMILES string of the molecule is COc1ccccc1-n1c(NC(=O)CSc2nc3ccccc3[nH]2)cc(=O)[nH]c1=O. The summed E-state index contributed by atoms with van der Waals surface area (Å²) in [5, 5.41) is 3.23. The first-order valence-corrected chi connectivity index (χ1v) is 9.91. The van der Waals surface area contributed by atoms with Gasteiger partial charge in [-0.25, -0.2) is 14.3 Å². The molecule has 0 fully saturated rings. The summed E-state index contributed by atoms with van der Waals surface area (Å²) in [6.07, 6.45) is 0. The van der Waals surface area contributed by atoms with E-state index in [1.165, 1.54) is 23.4 Å². The lowest BCUT2D eigenvalue weighted by Gasteiger charge is -2.15. The summed E-state index contributed by atoms with van der Waals surface area (Å²) in [5.74, 6) is 0.101. The second-order valence-electron chi connectivity index (χ2n) is 6.23. The minimum absolute atomic E-state index is 0.0345. The molecule has 0 aliphatic heterocycles. The van der Waals surface area contributed by atoms with Gasteiger partial charge in [-0.1, -0.05) is 36.0 Å². The highest BCUT2D eigenvalue weighted by Gasteiger charge is 2.15. The fourth-order valence-electron chi connectivity index (χ4n) is 2.95. The van der Waals surface area contributed by atoms with Crippen LogP contribution >= 0.6 is 11.8 Å². The van der Waals surface area contributed by atoms with Crippen LogP contribution in [-0.2, 0) is 4.79 Å². The van der Waals surface area contributed by atoms with Gasteiger partial charge >= 0.3 is 5.69 Å². The highest BCUT2D eigenvalue weighted by atomic mass is 32.2. The van der Waals surface area contributed by atoms with E-state index < -0.39 is 17.2 Å². The summed E-state index contributed by atoms with van der Waals surface area (Å²) >= 11 is 1.21. The first kappa shape index (κ1) is 19.5. The number of para-hydroxylation sites is 4. The first-order valence-electron chi connectivity index (χ1n) is 8.92. The fraction of sp³-hybridized carbons (Fsp3) is 0.100. The number of aromatic amines is 2. The van der Waals surface area contributed by atoms with Gasteiger partial charge in [0.15, 0.2) is 5.16 Å². The van der Waals surface area contributed by atoms with Crippen molar-refractivity contribution < 1.29 is 9.53 Å². The van der Waals surface area contributed by atoms with E-state index in [4.69, 9.17) is 4.74 Å². The number of carbonyl (C=O) groups excluding carboxylic acids is 1. The smallest absolute Gasteiger partial charge is 0.334 e. The molecule has 152 valence electrons. The molecule has 2 aromatic heterocycles. The Morgan fingerprint density at radius 3 is 2.70 bits per heavy atom. The summed E-state index contributed by atoms with van der Waals surface area (Å²) < 4.78 is 6.48. The normalized spacial score (nSPS) is 10.8. The third kappa shape index (κ3) is 3.98. The van der Waals surface area contributed by atoms with Crippen LogP contribution in [-0.4, -0.2) is 38.3 Å². The molecular weight excluding hydrogens is 406 g/mol. The number of amides is 1. The van der Waals surface area contributed by atoms with Crippen LogP contribution in [0.4, 0.5) is 5.82 Å². The number of hydrogen-bond donors (Lipinski definition) is 3. The first-order chi connectivity index (χ1) is 14.5. The van der Waals surface area contributed by atoms with Gasteiger partial charge in [0.2, 0.25) is 5.91 Å². The Morgan fingerprint density at radius 2 is 1.90 bits per heavy atom. The lowest BCUT2D eigenvalue weighted by Crippen LogP contribution is -2.32. The van der Waals surface area contributed by atoms with Crippen molar-refractivity contribution >= 4 is 34.5 Å². The van der Waals surface area contributed by atoms with Gasteiger partial charge in [-0.15, -0.1) is 0 Å². The van der Waals surface area contributed by atoms with Crippen molar-refractivity contribution in [2.75, 3.05) is 18.2 Å². The number of nitrogens with zero attached hydrogens (tertiary/aromatic N) is 2. The molecule has 0 atom stereocenters. The van der Waals surface area contributed by atoms with Gasteiger partial charge in [-0.3, -0.25) is 14.6 Å². The number of methoxy groups -OCH3 is 1. The summed E-state index contributed by atoms with van der Waals surface area (Å²) in [7, 11) is 1.47. The molecule has 10 heteroatoms. The lowest BCUT2D eigenvalue weighted by atomic mass is 10.3. The third-order valence-corrected chi connectivity index (χ3v) is 5.12. The molecule has 0 radical (unpaired) electrons. The second-order valence-corrected chi connectivity index (χ2v) is 7.19. The van der Waals surface area contributed by atoms with Crippen molar-refractivity contribution in [2.45, 2.75) is 5.16 Å². The number of nitrogens with one attached hydrogen (secondary N) is 3. The summed E-state index contributed by atoms with van der Waals surface area (Å²) in [4.78, 5) is 46.6. The van der Waals surface area contributed by atoms with E-state index in [1.54, 1.807) is 24.3 Å². The number of hydrogen-bond acceptors (Lipinski definition) is 6. The lowest BCUT2D eigenvalue weighted by molar-refractivity contribution is -0.113. The maximum Gasteiger partial charge on any atom is 0.334 e. The Balaban J connectivity index is 1.58. The van der Waals surface area contributed by atoms with E-state index in [2.05, 4.69) is 20.3 Å². The Labute approximate surface area is 174 Å². The number of aromatic nitrogens is 4. The average Bonchev–Trinajstić information content (AvgIpc) is 3.15. The zero-order valence-corrected chi connectivity index (χ0v) is 16.7. The predicted molar refractivity (Wildman–Crippen MR) is 115 cm³/mol. The summed E-state index contributed by atoms with van der Waals surface area (Å²) in [5.41, 5.74) is 0.764. The van der Waals surface area contributed by atoms with Gasteiger partial charge in [0, 0.05) is 6.07 Å². The molecule has 1 amide bonds. The number of carbonyl (C=O) groups is 1. The van der Waals surface area contributed by atoms with Gasteiger partial charge in [0.25, 0.3) is 5.56 Å². The number of thioether (sulfide) groups is 1. The summed E-state index contributed by atoms with van der Waals surface area (Å²) in [6, 6.07) is 15.5. The van der Waals surface area contributed by atoms with Crippen LogP contribution in [0.5, 0.6) is 5.75 Å². The maximum absolute atomic E-state index is 12.5. The summed E-state index contributed by atoms with van der Waals surface area (Å²) in [6.45, 7) is 0. The van der Waals surface area contributed by atoms with Crippen LogP contribution in [0.3, 0.4) is 0 Å². The molecule has 4 rings (SSSR count). The Hall–Kier alpha value is -3.79. The van der Waals surface area contributed by atoms with E-state index in [0.717, 1.165) is 17.1 Å². The number of ether oxygens (including phenoxy) is 1. The van der Waals surface area contributed by atoms with Crippen LogP contribution in [0.15, 0.2) is 69.3 Å². The number of benzene rings is 2.